The number of carbonyl (C=O) groups is 2. The molecule has 3 aromatic carbocycles. The predicted octanol–water partition coefficient (Wildman–Crippen LogP) is 4.41. The summed E-state index contributed by atoms with van der Waals surface area (Å²) in [4.78, 5) is 27.6. The second-order valence-corrected chi connectivity index (χ2v) is 6.45. The SMILES string of the molecule is COC(=O)N1c2ccccc2C(C(=O)OC)(c2ccccc2)c2ccccc21. The Balaban J connectivity index is 2.17. The average Bonchev–Trinajstić information content (AvgIpc) is 2.77. The molecule has 0 aromatic heterocycles. The number of rotatable bonds is 2. The van der Waals surface area contributed by atoms with E-state index < -0.39 is 17.5 Å². The van der Waals surface area contributed by atoms with Gasteiger partial charge in [0, 0.05) is 11.1 Å². The first-order chi connectivity index (χ1) is 13.7. The van der Waals surface area contributed by atoms with E-state index in [1.54, 1.807) is 0 Å². The van der Waals surface area contributed by atoms with E-state index in [-0.39, 0.29) is 0 Å². The monoisotopic (exact) mass is 373 g/mol. The lowest BCUT2D eigenvalue weighted by Crippen LogP contribution is -2.46. The second kappa shape index (κ2) is 6.85. The number of para-hydroxylation sites is 2. The molecule has 0 aliphatic carbocycles. The van der Waals surface area contributed by atoms with Gasteiger partial charge in [-0.05, 0) is 17.7 Å². The Morgan fingerprint density at radius 1 is 0.714 bits per heavy atom. The molecule has 3 aromatic rings. The van der Waals surface area contributed by atoms with E-state index >= 15 is 0 Å². The lowest BCUT2D eigenvalue weighted by atomic mass is 9.66. The summed E-state index contributed by atoms with van der Waals surface area (Å²) in [6.07, 6.45) is -0.522. The predicted molar refractivity (Wildman–Crippen MR) is 106 cm³/mol. The van der Waals surface area contributed by atoms with Gasteiger partial charge < -0.3 is 9.47 Å². The maximum atomic E-state index is 13.4. The van der Waals surface area contributed by atoms with Gasteiger partial charge in [0.05, 0.1) is 25.6 Å². The molecule has 1 aliphatic heterocycles. The van der Waals surface area contributed by atoms with Gasteiger partial charge in [-0.3, -0.25) is 4.79 Å². The summed E-state index contributed by atoms with van der Waals surface area (Å²) >= 11 is 0. The molecule has 0 spiro atoms. The maximum Gasteiger partial charge on any atom is 0.418 e. The third kappa shape index (κ3) is 2.33. The lowest BCUT2D eigenvalue weighted by Gasteiger charge is -2.42. The molecule has 1 aliphatic rings. The van der Waals surface area contributed by atoms with Crippen LogP contribution in [0.1, 0.15) is 16.7 Å². The van der Waals surface area contributed by atoms with Crippen molar-refractivity contribution < 1.29 is 19.1 Å². The maximum absolute atomic E-state index is 13.4. The van der Waals surface area contributed by atoms with Crippen LogP contribution in [0, 0.1) is 0 Å². The van der Waals surface area contributed by atoms with Gasteiger partial charge in [0.1, 0.15) is 5.41 Å². The van der Waals surface area contributed by atoms with E-state index in [2.05, 4.69) is 0 Å². The molecule has 5 nitrogen and oxygen atoms in total. The van der Waals surface area contributed by atoms with Crippen molar-refractivity contribution in [2.45, 2.75) is 5.41 Å². The number of hydrogen-bond donors (Lipinski definition) is 0. The van der Waals surface area contributed by atoms with Gasteiger partial charge in [-0.2, -0.15) is 0 Å². The fraction of sp³-hybridized carbons (Fsp3) is 0.130. The fourth-order valence-corrected chi connectivity index (χ4v) is 4.02. The van der Waals surface area contributed by atoms with Crippen LogP contribution in [0.5, 0.6) is 0 Å². The number of anilines is 2. The molecule has 0 N–H and O–H groups in total. The molecule has 0 bridgehead atoms. The number of fused-ring (bicyclic) bond motifs is 2. The van der Waals surface area contributed by atoms with E-state index in [9.17, 15) is 9.59 Å². The van der Waals surface area contributed by atoms with E-state index in [0.29, 0.717) is 22.5 Å². The van der Waals surface area contributed by atoms with Gasteiger partial charge >= 0.3 is 12.1 Å². The number of carbonyl (C=O) groups excluding carboxylic acids is 2. The van der Waals surface area contributed by atoms with E-state index in [1.807, 2.05) is 78.9 Å². The number of methoxy groups -OCH3 is 2. The molecule has 0 unspecified atom stereocenters. The summed E-state index contributed by atoms with van der Waals surface area (Å²) in [5.41, 5.74) is 2.07. The van der Waals surface area contributed by atoms with Gasteiger partial charge in [-0.1, -0.05) is 66.7 Å². The molecule has 4 rings (SSSR count). The third-order valence-corrected chi connectivity index (χ3v) is 5.15. The second-order valence-electron chi connectivity index (χ2n) is 6.45. The van der Waals surface area contributed by atoms with Crippen molar-refractivity contribution in [1.29, 1.82) is 0 Å². The highest BCUT2D eigenvalue weighted by atomic mass is 16.5. The highest BCUT2D eigenvalue weighted by Crippen LogP contribution is 2.53. The zero-order chi connectivity index (χ0) is 19.7. The zero-order valence-corrected chi connectivity index (χ0v) is 15.6. The highest BCUT2D eigenvalue weighted by molar-refractivity contribution is 6.06. The van der Waals surface area contributed by atoms with Crippen molar-refractivity contribution in [1.82, 2.24) is 0 Å². The molecule has 0 saturated heterocycles. The van der Waals surface area contributed by atoms with E-state index in [4.69, 9.17) is 9.47 Å². The Labute approximate surface area is 163 Å². The molecule has 0 atom stereocenters. The van der Waals surface area contributed by atoms with E-state index in [1.165, 1.54) is 19.1 Å². The van der Waals surface area contributed by atoms with Crippen molar-refractivity contribution in [3.05, 3.63) is 95.6 Å². The van der Waals surface area contributed by atoms with Crippen molar-refractivity contribution in [3.8, 4) is 0 Å². The average molecular weight is 373 g/mol. The van der Waals surface area contributed by atoms with Crippen LogP contribution < -0.4 is 4.90 Å². The Kier molecular flexibility index (Phi) is 4.35. The molecule has 1 amide bonds. The highest BCUT2D eigenvalue weighted by Gasteiger charge is 2.52. The van der Waals surface area contributed by atoms with Crippen molar-refractivity contribution in [2.24, 2.45) is 0 Å². The standard InChI is InChI=1S/C23H19NO4/c1-27-21(25)23(16-10-4-3-5-11-16)17-12-6-8-14-19(17)24(22(26)28-2)20-15-9-7-13-18(20)23/h3-15H,1-2H3. The molecule has 0 saturated carbocycles. The molecule has 5 heteroatoms. The zero-order valence-electron chi connectivity index (χ0n) is 15.6. The third-order valence-electron chi connectivity index (χ3n) is 5.15. The summed E-state index contributed by atoms with van der Waals surface area (Å²) in [6, 6.07) is 24.2. The van der Waals surface area contributed by atoms with Crippen molar-refractivity contribution in [3.63, 3.8) is 0 Å². The van der Waals surface area contributed by atoms with Crippen LogP contribution in [0.25, 0.3) is 0 Å². The quantitative estimate of drug-likeness (QED) is 0.624. The van der Waals surface area contributed by atoms with Crippen LogP contribution in [0.3, 0.4) is 0 Å². The lowest BCUT2D eigenvalue weighted by molar-refractivity contribution is -0.144. The van der Waals surface area contributed by atoms with Gasteiger partial charge in [0.25, 0.3) is 0 Å². The minimum absolute atomic E-state index is 0.414. The van der Waals surface area contributed by atoms with Crippen LogP contribution in [0.15, 0.2) is 78.9 Å². The summed E-state index contributed by atoms with van der Waals surface area (Å²) in [7, 11) is 2.72. The Hall–Kier alpha value is -3.60. The first-order valence-corrected chi connectivity index (χ1v) is 8.87. The smallest absolute Gasteiger partial charge is 0.418 e. The first-order valence-electron chi connectivity index (χ1n) is 8.87. The number of amides is 1. The summed E-state index contributed by atoms with van der Waals surface area (Å²) < 4.78 is 10.3. The van der Waals surface area contributed by atoms with E-state index in [0.717, 1.165) is 5.56 Å². The first kappa shape index (κ1) is 17.8. The summed E-state index contributed by atoms with van der Waals surface area (Å²) in [6.45, 7) is 0. The number of hydrogen-bond acceptors (Lipinski definition) is 4. The number of ether oxygens (including phenoxy) is 2. The molecule has 0 radical (unpaired) electrons. The van der Waals surface area contributed by atoms with Crippen molar-refractivity contribution >= 4 is 23.4 Å². The number of nitrogens with zero attached hydrogens (tertiary/aromatic N) is 1. The summed E-state index contributed by atoms with van der Waals surface area (Å²) in [5.74, 6) is -0.414. The summed E-state index contributed by atoms with van der Waals surface area (Å²) in [5, 5.41) is 0. The van der Waals surface area contributed by atoms with Gasteiger partial charge in [-0.15, -0.1) is 0 Å². The van der Waals surface area contributed by atoms with Crippen LogP contribution in [0.4, 0.5) is 16.2 Å². The normalized spacial score (nSPS) is 13.9. The number of benzene rings is 3. The Bertz CT molecular complexity index is 998. The van der Waals surface area contributed by atoms with Gasteiger partial charge in [0.2, 0.25) is 0 Å². The minimum Gasteiger partial charge on any atom is -0.468 e. The van der Waals surface area contributed by atoms with Gasteiger partial charge in [0.15, 0.2) is 0 Å². The van der Waals surface area contributed by atoms with Crippen LogP contribution in [-0.2, 0) is 19.7 Å². The van der Waals surface area contributed by atoms with Crippen molar-refractivity contribution in [2.75, 3.05) is 19.1 Å². The number of esters is 1. The Morgan fingerprint density at radius 3 is 1.71 bits per heavy atom. The molecular weight excluding hydrogens is 354 g/mol. The van der Waals surface area contributed by atoms with Crippen LogP contribution in [0.2, 0.25) is 0 Å². The Morgan fingerprint density at radius 2 is 1.21 bits per heavy atom. The molecule has 140 valence electrons. The molecular formula is C23H19NO4. The largest absolute Gasteiger partial charge is 0.468 e. The van der Waals surface area contributed by atoms with Crippen LogP contribution >= 0.6 is 0 Å². The molecule has 0 fully saturated rings. The van der Waals surface area contributed by atoms with Gasteiger partial charge in [-0.25, -0.2) is 9.69 Å². The molecule has 28 heavy (non-hydrogen) atoms. The van der Waals surface area contributed by atoms with Crippen LogP contribution in [-0.4, -0.2) is 26.3 Å². The topological polar surface area (TPSA) is 55.8 Å². The molecule has 1 heterocycles. The minimum atomic E-state index is -1.20. The fourth-order valence-electron chi connectivity index (χ4n) is 4.02.